The number of hydrogen-bond donors (Lipinski definition) is 2. The molecule has 2 atom stereocenters. The lowest BCUT2D eigenvalue weighted by Crippen LogP contribution is -2.51. The second-order valence-corrected chi connectivity index (χ2v) is 5.77. The lowest BCUT2D eigenvalue weighted by atomic mass is 9.88. The van der Waals surface area contributed by atoms with Crippen LogP contribution in [0.15, 0.2) is 0 Å². The number of carbonyl (C=O) groups is 2. The molecule has 5 heteroatoms. The Labute approximate surface area is 110 Å². The summed E-state index contributed by atoms with van der Waals surface area (Å²) in [4.78, 5) is 24.3. The monoisotopic (exact) mass is 258 g/mol. The topological polar surface area (TPSA) is 69.6 Å². The highest BCUT2D eigenvalue weighted by atomic mass is 16.4. The van der Waals surface area contributed by atoms with E-state index in [1.807, 2.05) is 13.8 Å². The SMILES string of the molecule is CCN(C(=O)NC(C)C(C)(C)C)C(C)CC(=O)O. The fraction of sp³-hybridized carbons (Fsp3) is 0.846. The van der Waals surface area contributed by atoms with Gasteiger partial charge in [-0.1, -0.05) is 20.8 Å². The maximum atomic E-state index is 12.1. The second-order valence-electron chi connectivity index (χ2n) is 5.77. The van der Waals surface area contributed by atoms with Gasteiger partial charge in [0.1, 0.15) is 0 Å². The minimum absolute atomic E-state index is 0.0227. The van der Waals surface area contributed by atoms with E-state index in [0.717, 1.165) is 0 Å². The zero-order valence-corrected chi connectivity index (χ0v) is 12.3. The highest BCUT2D eigenvalue weighted by molar-refractivity contribution is 5.76. The van der Waals surface area contributed by atoms with Gasteiger partial charge in [-0.2, -0.15) is 0 Å². The summed E-state index contributed by atoms with van der Waals surface area (Å²) in [5, 5.41) is 11.7. The van der Waals surface area contributed by atoms with Crippen LogP contribution in [0.4, 0.5) is 4.79 Å². The van der Waals surface area contributed by atoms with Crippen LogP contribution in [0.3, 0.4) is 0 Å². The molecule has 2 amide bonds. The molecule has 0 aromatic carbocycles. The Morgan fingerprint density at radius 1 is 1.28 bits per heavy atom. The Morgan fingerprint density at radius 3 is 2.11 bits per heavy atom. The molecule has 2 unspecified atom stereocenters. The van der Waals surface area contributed by atoms with Crippen LogP contribution >= 0.6 is 0 Å². The molecule has 0 saturated carbocycles. The van der Waals surface area contributed by atoms with E-state index in [4.69, 9.17) is 5.11 Å². The quantitative estimate of drug-likeness (QED) is 0.795. The van der Waals surface area contributed by atoms with Crippen molar-refractivity contribution in [3.8, 4) is 0 Å². The molecule has 0 aromatic heterocycles. The van der Waals surface area contributed by atoms with Crippen LogP contribution < -0.4 is 5.32 Å². The number of carbonyl (C=O) groups excluding carboxylic acids is 1. The first-order valence-corrected chi connectivity index (χ1v) is 6.38. The summed E-state index contributed by atoms with van der Waals surface area (Å²) in [5.74, 6) is -0.891. The first-order chi connectivity index (χ1) is 8.09. The molecule has 0 aromatic rings. The lowest BCUT2D eigenvalue weighted by Gasteiger charge is -2.33. The molecule has 0 spiro atoms. The van der Waals surface area contributed by atoms with Gasteiger partial charge < -0.3 is 15.3 Å². The van der Waals surface area contributed by atoms with Gasteiger partial charge in [0.05, 0.1) is 6.42 Å². The van der Waals surface area contributed by atoms with Crippen LogP contribution in [-0.4, -0.2) is 40.6 Å². The van der Waals surface area contributed by atoms with Crippen molar-refractivity contribution in [3.05, 3.63) is 0 Å². The van der Waals surface area contributed by atoms with Gasteiger partial charge in [-0.25, -0.2) is 4.79 Å². The van der Waals surface area contributed by atoms with Gasteiger partial charge in [0.2, 0.25) is 0 Å². The molecule has 18 heavy (non-hydrogen) atoms. The fourth-order valence-corrected chi connectivity index (χ4v) is 1.50. The fourth-order valence-electron chi connectivity index (χ4n) is 1.50. The standard InChI is InChI=1S/C13H26N2O3/c1-7-15(9(2)8-11(16)17)12(18)14-10(3)13(4,5)6/h9-10H,7-8H2,1-6H3,(H,14,18)(H,16,17). The van der Waals surface area contributed by atoms with Crippen LogP contribution in [0.5, 0.6) is 0 Å². The zero-order valence-electron chi connectivity index (χ0n) is 12.3. The molecule has 106 valence electrons. The van der Waals surface area contributed by atoms with Crippen molar-refractivity contribution >= 4 is 12.0 Å². The summed E-state index contributed by atoms with van der Waals surface area (Å²) in [5.41, 5.74) is -0.0227. The van der Waals surface area contributed by atoms with Crippen LogP contribution in [0, 0.1) is 5.41 Å². The number of carboxylic acids is 1. The van der Waals surface area contributed by atoms with E-state index >= 15 is 0 Å². The average Bonchev–Trinajstić information content (AvgIpc) is 2.15. The summed E-state index contributed by atoms with van der Waals surface area (Å²) >= 11 is 0. The number of amides is 2. The van der Waals surface area contributed by atoms with E-state index in [-0.39, 0.29) is 30.0 Å². The summed E-state index contributed by atoms with van der Waals surface area (Å²) < 4.78 is 0. The van der Waals surface area contributed by atoms with Crippen molar-refractivity contribution in [1.82, 2.24) is 10.2 Å². The van der Waals surface area contributed by atoms with E-state index < -0.39 is 5.97 Å². The summed E-state index contributed by atoms with van der Waals surface area (Å²) in [6.45, 7) is 12.2. The van der Waals surface area contributed by atoms with Gasteiger partial charge in [-0.15, -0.1) is 0 Å². The Kier molecular flexibility index (Phi) is 6.15. The van der Waals surface area contributed by atoms with Crippen LogP contribution in [-0.2, 0) is 4.79 Å². The predicted octanol–water partition coefficient (Wildman–Crippen LogP) is 2.32. The normalized spacial score (nSPS) is 14.8. The van der Waals surface area contributed by atoms with Crippen LogP contribution in [0.25, 0.3) is 0 Å². The van der Waals surface area contributed by atoms with Crippen molar-refractivity contribution in [3.63, 3.8) is 0 Å². The molecule has 0 aliphatic rings. The molecule has 0 aliphatic carbocycles. The Hall–Kier alpha value is -1.26. The molecule has 0 radical (unpaired) electrons. The van der Waals surface area contributed by atoms with Gasteiger partial charge in [0, 0.05) is 18.6 Å². The molecule has 0 bridgehead atoms. The molecule has 2 N–H and O–H groups in total. The molecule has 0 heterocycles. The summed E-state index contributed by atoms with van der Waals surface area (Å²) in [7, 11) is 0. The number of carboxylic acid groups (broad SMARTS) is 1. The second kappa shape index (κ2) is 6.61. The molecule has 0 rings (SSSR count). The summed E-state index contributed by atoms with van der Waals surface area (Å²) in [6.07, 6.45) is -0.0365. The summed E-state index contributed by atoms with van der Waals surface area (Å²) in [6, 6.07) is -0.482. The third-order valence-corrected chi connectivity index (χ3v) is 3.24. The van der Waals surface area contributed by atoms with Crippen molar-refractivity contribution in [2.75, 3.05) is 6.54 Å². The Balaban J connectivity index is 4.58. The highest BCUT2D eigenvalue weighted by Crippen LogP contribution is 2.19. The van der Waals surface area contributed by atoms with Crippen molar-refractivity contribution in [2.45, 2.75) is 60.0 Å². The molecular weight excluding hydrogens is 232 g/mol. The Morgan fingerprint density at radius 2 is 1.78 bits per heavy atom. The maximum Gasteiger partial charge on any atom is 0.317 e. The Bertz CT molecular complexity index is 297. The molecule has 0 aliphatic heterocycles. The van der Waals surface area contributed by atoms with Crippen molar-refractivity contribution in [2.24, 2.45) is 5.41 Å². The van der Waals surface area contributed by atoms with E-state index in [1.54, 1.807) is 11.8 Å². The zero-order chi connectivity index (χ0) is 14.5. The van der Waals surface area contributed by atoms with Gasteiger partial charge in [-0.05, 0) is 26.2 Å². The molecule has 0 saturated heterocycles. The van der Waals surface area contributed by atoms with E-state index in [9.17, 15) is 9.59 Å². The minimum Gasteiger partial charge on any atom is -0.481 e. The maximum absolute atomic E-state index is 12.1. The van der Waals surface area contributed by atoms with E-state index in [2.05, 4.69) is 26.1 Å². The highest BCUT2D eigenvalue weighted by Gasteiger charge is 2.26. The predicted molar refractivity (Wildman–Crippen MR) is 71.5 cm³/mol. The van der Waals surface area contributed by atoms with Gasteiger partial charge in [-0.3, -0.25) is 4.79 Å². The number of aliphatic carboxylic acids is 1. The number of urea groups is 1. The van der Waals surface area contributed by atoms with E-state index in [1.165, 1.54) is 0 Å². The first kappa shape index (κ1) is 16.7. The molecular formula is C13H26N2O3. The van der Waals surface area contributed by atoms with Gasteiger partial charge >= 0.3 is 12.0 Å². The van der Waals surface area contributed by atoms with Gasteiger partial charge in [0.15, 0.2) is 0 Å². The molecule has 5 nitrogen and oxygen atoms in total. The molecule has 0 fully saturated rings. The number of nitrogens with one attached hydrogen (secondary N) is 1. The first-order valence-electron chi connectivity index (χ1n) is 6.38. The number of hydrogen-bond acceptors (Lipinski definition) is 2. The minimum atomic E-state index is -0.891. The van der Waals surface area contributed by atoms with Crippen molar-refractivity contribution in [1.29, 1.82) is 0 Å². The number of nitrogens with zero attached hydrogens (tertiary/aromatic N) is 1. The average molecular weight is 258 g/mol. The van der Waals surface area contributed by atoms with E-state index in [0.29, 0.717) is 6.54 Å². The number of rotatable bonds is 5. The third kappa shape index (κ3) is 5.38. The third-order valence-electron chi connectivity index (χ3n) is 3.24. The smallest absolute Gasteiger partial charge is 0.317 e. The van der Waals surface area contributed by atoms with Gasteiger partial charge in [0.25, 0.3) is 0 Å². The van der Waals surface area contributed by atoms with Crippen molar-refractivity contribution < 1.29 is 14.7 Å². The van der Waals surface area contributed by atoms with Crippen LogP contribution in [0.2, 0.25) is 0 Å². The van der Waals surface area contributed by atoms with Crippen LogP contribution in [0.1, 0.15) is 48.0 Å². The largest absolute Gasteiger partial charge is 0.481 e. The lowest BCUT2D eigenvalue weighted by molar-refractivity contribution is -0.138.